The minimum atomic E-state index is 0.738. The lowest BCUT2D eigenvalue weighted by molar-refractivity contribution is 0.176. The second kappa shape index (κ2) is 7.57. The summed E-state index contributed by atoms with van der Waals surface area (Å²) >= 11 is 1.69. The molecule has 4 aromatic heterocycles. The van der Waals surface area contributed by atoms with Gasteiger partial charge < -0.3 is 5.32 Å². The molecular formula is C20H24N8S. The molecule has 1 aliphatic rings. The second-order valence-corrected chi connectivity index (χ2v) is 8.90. The smallest absolute Gasteiger partial charge is 0.180 e. The van der Waals surface area contributed by atoms with Gasteiger partial charge in [-0.1, -0.05) is 18.3 Å². The number of nitrogens with zero attached hydrogens (tertiary/aromatic N) is 6. The lowest BCUT2D eigenvalue weighted by Gasteiger charge is -2.29. The Kier molecular flexibility index (Phi) is 4.76. The standard InChI is InChI=1S/C20H24N8S/c1-13-4-3-5-27(10-13)12-18-21-9-17(29-18)26-19-20-22-8-16(15-6-23-24-7-15)28(20)11-14(2)25-19/h6-9,11,13H,3-5,10,12H2,1-2H3,(H,23,24)(H,25,26). The van der Waals surface area contributed by atoms with Crippen LogP contribution in [0.4, 0.5) is 10.8 Å². The average Bonchev–Trinajstić information content (AvgIpc) is 3.42. The van der Waals surface area contributed by atoms with E-state index in [0.717, 1.165) is 64.0 Å². The van der Waals surface area contributed by atoms with Crippen molar-refractivity contribution in [3.63, 3.8) is 0 Å². The minimum Gasteiger partial charge on any atom is -0.327 e. The number of likely N-dealkylation sites (tertiary alicyclic amines) is 1. The van der Waals surface area contributed by atoms with Gasteiger partial charge in [0.05, 0.1) is 36.5 Å². The summed E-state index contributed by atoms with van der Waals surface area (Å²) in [5, 5.41) is 12.5. The van der Waals surface area contributed by atoms with E-state index < -0.39 is 0 Å². The van der Waals surface area contributed by atoms with Gasteiger partial charge in [-0.15, -0.1) is 0 Å². The Morgan fingerprint density at radius 2 is 2.21 bits per heavy atom. The van der Waals surface area contributed by atoms with E-state index in [2.05, 4.69) is 42.3 Å². The first-order valence-electron chi connectivity index (χ1n) is 9.93. The maximum Gasteiger partial charge on any atom is 0.180 e. The van der Waals surface area contributed by atoms with Crippen molar-refractivity contribution < 1.29 is 0 Å². The number of hydrogen-bond acceptors (Lipinski definition) is 7. The van der Waals surface area contributed by atoms with Gasteiger partial charge in [0.25, 0.3) is 0 Å². The summed E-state index contributed by atoms with van der Waals surface area (Å²) in [5.74, 6) is 1.51. The van der Waals surface area contributed by atoms with Gasteiger partial charge in [0.1, 0.15) is 10.0 Å². The van der Waals surface area contributed by atoms with Crippen molar-refractivity contribution in [1.29, 1.82) is 0 Å². The number of anilines is 2. The molecule has 0 spiro atoms. The summed E-state index contributed by atoms with van der Waals surface area (Å²) < 4.78 is 2.05. The molecule has 29 heavy (non-hydrogen) atoms. The van der Waals surface area contributed by atoms with Crippen LogP contribution in [0.5, 0.6) is 0 Å². The third-order valence-electron chi connectivity index (χ3n) is 5.30. The van der Waals surface area contributed by atoms with E-state index in [-0.39, 0.29) is 0 Å². The van der Waals surface area contributed by atoms with Crippen LogP contribution < -0.4 is 5.32 Å². The van der Waals surface area contributed by atoms with Crippen LogP contribution in [0.2, 0.25) is 0 Å². The first-order valence-corrected chi connectivity index (χ1v) is 10.8. The number of aryl methyl sites for hydroxylation is 1. The summed E-state index contributed by atoms with van der Waals surface area (Å²) in [6.45, 7) is 7.56. The highest BCUT2D eigenvalue weighted by Gasteiger charge is 2.18. The summed E-state index contributed by atoms with van der Waals surface area (Å²) in [7, 11) is 0. The molecule has 1 saturated heterocycles. The van der Waals surface area contributed by atoms with Crippen LogP contribution in [-0.2, 0) is 6.54 Å². The molecule has 0 saturated carbocycles. The molecule has 8 nitrogen and oxygen atoms in total. The Bertz CT molecular complexity index is 1110. The van der Waals surface area contributed by atoms with Crippen molar-refractivity contribution in [3.8, 4) is 11.3 Å². The molecule has 5 rings (SSSR count). The number of thiazole rings is 1. The van der Waals surface area contributed by atoms with E-state index in [9.17, 15) is 0 Å². The Balaban J connectivity index is 1.39. The molecule has 1 aliphatic heterocycles. The zero-order chi connectivity index (χ0) is 19.8. The Morgan fingerprint density at radius 3 is 3.03 bits per heavy atom. The lowest BCUT2D eigenvalue weighted by atomic mass is 10.0. The molecule has 0 radical (unpaired) electrons. The van der Waals surface area contributed by atoms with E-state index in [1.54, 1.807) is 17.5 Å². The molecule has 1 unspecified atom stereocenters. The van der Waals surface area contributed by atoms with Gasteiger partial charge in [-0.2, -0.15) is 5.10 Å². The first-order chi connectivity index (χ1) is 14.2. The number of fused-ring (bicyclic) bond motifs is 1. The largest absolute Gasteiger partial charge is 0.327 e. The maximum atomic E-state index is 4.68. The van der Waals surface area contributed by atoms with Gasteiger partial charge >= 0.3 is 0 Å². The molecule has 5 heterocycles. The molecule has 1 atom stereocenters. The van der Waals surface area contributed by atoms with Crippen molar-refractivity contribution in [2.24, 2.45) is 5.92 Å². The van der Waals surface area contributed by atoms with E-state index >= 15 is 0 Å². The third kappa shape index (κ3) is 3.75. The molecule has 0 bridgehead atoms. The minimum absolute atomic E-state index is 0.738. The van der Waals surface area contributed by atoms with E-state index in [1.807, 2.05) is 36.1 Å². The molecular weight excluding hydrogens is 384 g/mol. The predicted molar refractivity (Wildman–Crippen MR) is 114 cm³/mol. The van der Waals surface area contributed by atoms with E-state index in [0.29, 0.717) is 0 Å². The molecule has 9 heteroatoms. The van der Waals surface area contributed by atoms with Crippen molar-refractivity contribution in [2.45, 2.75) is 33.2 Å². The monoisotopic (exact) mass is 408 g/mol. The number of piperidine rings is 1. The first kappa shape index (κ1) is 18.3. The Hall–Kier alpha value is -2.78. The Labute approximate surface area is 173 Å². The number of H-pyrrole nitrogens is 1. The fraction of sp³-hybridized carbons (Fsp3) is 0.400. The van der Waals surface area contributed by atoms with Crippen LogP contribution in [0, 0.1) is 12.8 Å². The number of aromatic amines is 1. The van der Waals surface area contributed by atoms with Crippen LogP contribution in [0.15, 0.2) is 31.0 Å². The third-order valence-corrected chi connectivity index (χ3v) is 6.20. The van der Waals surface area contributed by atoms with Crippen LogP contribution in [0.25, 0.3) is 16.9 Å². The number of hydrogen-bond donors (Lipinski definition) is 2. The van der Waals surface area contributed by atoms with Crippen LogP contribution >= 0.6 is 11.3 Å². The lowest BCUT2D eigenvalue weighted by Crippen LogP contribution is -2.33. The fourth-order valence-electron chi connectivity index (χ4n) is 3.98. The number of rotatable bonds is 5. The zero-order valence-corrected chi connectivity index (χ0v) is 17.4. The highest BCUT2D eigenvalue weighted by Crippen LogP contribution is 2.29. The van der Waals surface area contributed by atoms with Crippen LogP contribution in [-0.4, -0.2) is 47.5 Å². The van der Waals surface area contributed by atoms with Crippen molar-refractivity contribution in [3.05, 3.63) is 41.7 Å². The number of aromatic nitrogens is 6. The number of imidazole rings is 1. The normalized spacial score (nSPS) is 17.8. The van der Waals surface area contributed by atoms with Crippen LogP contribution in [0.3, 0.4) is 0 Å². The zero-order valence-electron chi connectivity index (χ0n) is 16.6. The van der Waals surface area contributed by atoms with Crippen molar-refractivity contribution >= 4 is 27.8 Å². The van der Waals surface area contributed by atoms with E-state index in [1.165, 1.54) is 12.8 Å². The second-order valence-electron chi connectivity index (χ2n) is 7.78. The highest BCUT2D eigenvalue weighted by molar-refractivity contribution is 7.15. The van der Waals surface area contributed by atoms with Crippen LogP contribution in [0.1, 0.15) is 30.5 Å². The molecule has 0 aromatic carbocycles. The highest BCUT2D eigenvalue weighted by atomic mass is 32.1. The average molecular weight is 409 g/mol. The molecule has 0 aliphatic carbocycles. The molecule has 2 N–H and O–H groups in total. The molecule has 4 aromatic rings. The van der Waals surface area contributed by atoms with Gasteiger partial charge in [-0.05, 0) is 32.2 Å². The van der Waals surface area contributed by atoms with Crippen molar-refractivity contribution in [1.82, 2.24) is 34.4 Å². The van der Waals surface area contributed by atoms with Crippen molar-refractivity contribution in [2.75, 3.05) is 18.4 Å². The Morgan fingerprint density at radius 1 is 1.28 bits per heavy atom. The van der Waals surface area contributed by atoms with Gasteiger partial charge in [-0.25, -0.2) is 15.0 Å². The quantitative estimate of drug-likeness (QED) is 0.521. The SMILES string of the molecule is Cc1cn2c(-c3cn[nH]c3)cnc2c(Nc2cnc(CN3CCCC(C)C3)s2)n1. The van der Waals surface area contributed by atoms with Gasteiger partial charge in [-0.3, -0.25) is 14.4 Å². The maximum absolute atomic E-state index is 4.68. The summed E-state index contributed by atoms with van der Waals surface area (Å²) in [4.78, 5) is 16.4. The molecule has 1 fully saturated rings. The molecule has 150 valence electrons. The summed E-state index contributed by atoms with van der Waals surface area (Å²) in [6, 6.07) is 0. The fourth-order valence-corrected chi connectivity index (χ4v) is 4.84. The molecule has 0 amide bonds. The van der Waals surface area contributed by atoms with Gasteiger partial charge in [0.2, 0.25) is 0 Å². The number of nitrogens with one attached hydrogen (secondary N) is 2. The predicted octanol–water partition coefficient (Wildman–Crippen LogP) is 3.86. The summed E-state index contributed by atoms with van der Waals surface area (Å²) in [6.07, 6.45) is 12.0. The van der Waals surface area contributed by atoms with E-state index in [4.69, 9.17) is 0 Å². The topological polar surface area (TPSA) is 87.0 Å². The summed E-state index contributed by atoms with van der Waals surface area (Å²) in [5.41, 5.74) is 3.66. The van der Waals surface area contributed by atoms with Gasteiger partial charge in [0.15, 0.2) is 11.5 Å². The van der Waals surface area contributed by atoms with Gasteiger partial charge in [0, 0.05) is 24.5 Å².